The Morgan fingerprint density at radius 2 is 0.696 bits per heavy atom. The Morgan fingerprint density at radius 3 is 1.12 bits per heavy atom. The molecule has 6 nitrogen and oxygen atoms in total. The number of carbonyl (C=O) groups is 3. The minimum Gasteiger partial charge on any atom is -0.462 e. The normalized spacial score (nSPS) is 12.4. The zero-order valence-electron chi connectivity index (χ0n) is 36.9. The van der Waals surface area contributed by atoms with E-state index in [0.717, 1.165) is 103 Å². The van der Waals surface area contributed by atoms with Gasteiger partial charge in [-0.05, 0) is 89.9 Å². The van der Waals surface area contributed by atoms with Crippen LogP contribution in [-0.2, 0) is 28.6 Å². The summed E-state index contributed by atoms with van der Waals surface area (Å²) in [7, 11) is 0. The van der Waals surface area contributed by atoms with E-state index in [-0.39, 0.29) is 31.1 Å². The number of allylic oxidation sites excluding steroid dienone is 8. The molecule has 6 heteroatoms. The maximum absolute atomic E-state index is 12.7. The van der Waals surface area contributed by atoms with Crippen molar-refractivity contribution in [1.82, 2.24) is 0 Å². The average Bonchev–Trinajstić information content (AvgIpc) is 3.19. The summed E-state index contributed by atoms with van der Waals surface area (Å²) in [6.45, 7) is 6.49. The van der Waals surface area contributed by atoms with E-state index in [1.165, 1.54) is 89.9 Å². The summed E-state index contributed by atoms with van der Waals surface area (Å²) >= 11 is 0. The molecule has 56 heavy (non-hydrogen) atoms. The van der Waals surface area contributed by atoms with Gasteiger partial charge in [0.15, 0.2) is 6.10 Å². The van der Waals surface area contributed by atoms with E-state index in [0.29, 0.717) is 19.3 Å². The Labute approximate surface area is 346 Å². The summed E-state index contributed by atoms with van der Waals surface area (Å²) in [5, 5.41) is 0. The van der Waals surface area contributed by atoms with Crippen LogP contribution in [0.1, 0.15) is 233 Å². The molecule has 0 N–H and O–H groups in total. The van der Waals surface area contributed by atoms with Gasteiger partial charge >= 0.3 is 17.9 Å². The Bertz CT molecular complexity index is 996. The average molecular weight is 785 g/mol. The summed E-state index contributed by atoms with van der Waals surface area (Å²) in [6, 6.07) is 0. The Kier molecular flexibility index (Phi) is 43.0. The Hall–Kier alpha value is -2.63. The molecule has 0 aromatic carbocycles. The minimum absolute atomic E-state index is 0.0855. The first-order valence-corrected chi connectivity index (χ1v) is 23.6. The molecule has 1 unspecified atom stereocenters. The quantitative estimate of drug-likeness (QED) is 0.0265. The van der Waals surface area contributed by atoms with Crippen LogP contribution in [0.5, 0.6) is 0 Å². The van der Waals surface area contributed by atoms with E-state index < -0.39 is 6.10 Å². The third-order valence-electron chi connectivity index (χ3n) is 10.0. The number of hydrogen-bond acceptors (Lipinski definition) is 6. The fourth-order valence-electron chi connectivity index (χ4n) is 6.40. The zero-order chi connectivity index (χ0) is 40.8. The Morgan fingerprint density at radius 1 is 0.357 bits per heavy atom. The van der Waals surface area contributed by atoms with Crippen molar-refractivity contribution in [2.75, 3.05) is 13.2 Å². The molecule has 0 saturated heterocycles. The third kappa shape index (κ3) is 42.5. The first-order valence-electron chi connectivity index (χ1n) is 23.6. The van der Waals surface area contributed by atoms with Crippen molar-refractivity contribution < 1.29 is 28.6 Å². The molecular weight excluding hydrogens is 697 g/mol. The van der Waals surface area contributed by atoms with Crippen LogP contribution < -0.4 is 0 Å². The molecule has 0 spiro atoms. The summed E-state index contributed by atoms with van der Waals surface area (Å²) in [4.78, 5) is 37.8. The van der Waals surface area contributed by atoms with Crippen molar-refractivity contribution in [2.45, 2.75) is 239 Å². The zero-order valence-corrected chi connectivity index (χ0v) is 36.9. The van der Waals surface area contributed by atoms with Crippen LogP contribution in [0.2, 0.25) is 0 Å². The van der Waals surface area contributed by atoms with Crippen LogP contribution >= 0.6 is 0 Å². The number of unbranched alkanes of at least 4 members (excludes halogenated alkanes) is 23. The molecule has 0 fully saturated rings. The molecule has 0 heterocycles. The van der Waals surface area contributed by atoms with Gasteiger partial charge < -0.3 is 14.2 Å². The van der Waals surface area contributed by atoms with Crippen LogP contribution in [0.4, 0.5) is 0 Å². The predicted octanol–water partition coefficient (Wildman–Crippen LogP) is 15.1. The smallest absolute Gasteiger partial charge is 0.306 e. The monoisotopic (exact) mass is 785 g/mol. The molecule has 324 valence electrons. The third-order valence-corrected chi connectivity index (χ3v) is 10.0. The highest BCUT2D eigenvalue weighted by atomic mass is 16.6. The van der Waals surface area contributed by atoms with E-state index in [1.807, 2.05) is 0 Å². The van der Waals surface area contributed by atoms with Gasteiger partial charge in [0.2, 0.25) is 0 Å². The predicted molar refractivity (Wildman–Crippen MR) is 238 cm³/mol. The van der Waals surface area contributed by atoms with Crippen molar-refractivity contribution in [2.24, 2.45) is 0 Å². The standard InChI is InChI=1S/C50H88O6/c1-4-7-10-13-16-19-22-24-26-28-31-34-37-40-43-49(52)55-46-47(45-54-48(51)42-39-36-33-30-21-18-15-12-9-6-3)56-50(53)44-41-38-35-32-29-27-25-23-20-17-14-11-8-5-2/h12-13,15-16,22-25,47H,4-11,14,17-21,26-46H2,1-3H3/b15-12-,16-13-,24-22-,25-23-. The van der Waals surface area contributed by atoms with Crippen molar-refractivity contribution in [1.29, 1.82) is 0 Å². The molecule has 1 atom stereocenters. The number of hydrogen-bond donors (Lipinski definition) is 0. The lowest BCUT2D eigenvalue weighted by molar-refractivity contribution is -0.167. The van der Waals surface area contributed by atoms with Gasteiger partial charge in [0.1, 0.15) is 13.2 Å². The van der Waals surface area contributed by atoms with Crippen LogP contribution in [0.25, 0.3) is 0 Å². The SMILES string of the molecule is CCC/C=C\CCCCCCCC(=O)OCC(COC(=O)CCCCCCC/C=C\C/C=C\CCCC)OC(=O)CCCCCCC/C=C\CCCCCCC. The van der Waals surface area contributed by atoms with Gasteiger partial charge in [0.25, 0.3) is 0 Å². The summed E-state index contributed by atoms with van der Waals surface area (Å²) in [5.41, 5.74) is 0. The van der Waals surface area contributed by atoms with Gasteiger partial charge in [-0.2, -0.15) is 0 Å². The molecule has 0 aromatic rings. The van der Waals surface area contributed by atoms with E-state index in [9.17, 15) is 14.4 Å². The lowest BCUT2D eigenvalue weighted by atomic mass is 10.1. The van der Waals surface area contributed by atoms with Gasteiger partial charge in [-0.15, -0.1) is 0 Å². The molecule has 0 aliphatic heterocycles. The fraction of sp³-hybridized carbons (Fsp3) is 0.780. The molecule has 0 aliphatic carbocycles. The lowest BCUT2D eigenvalue weighted by Gasteiger charge is -2.18. The molecule has 0 amide bonds. The summed E-state index contributed by atoms with van der Waals surface area (Å²) in [6.07, 6.45) is 52.3. The molecular formula is C50H88O6. The van der Waals surface area contributed by atoms with Gasteiger partial charge in [0, 0.05) is 19.3 Å². The van der Waals surface area contributed by atoms with Crippen LogP contribution in [-0.4, -0.2) is 37.2 Å². The van der Waals surface area contributed by atoms with Gasteiger partial charge in [-0.25, -0.2) is 0 Å². The van der Waals surface area contributed by atoms with Crippen LogP contribution in [0, 0.1) is 0 Å². The number of esters is 3. The summed E-state index contributed by atoms with van der Waals surface area (Å²) < 4.78 is 16.7. The van der Waals surface area contributed by atoms with Crippen molar-refractivity contribution >= 4 is 17.9 Å². The molecule has 0 saturated carbocycles. The first-order chi connectivity index (χ1) is 27.5. The van der Waals surface area contributed by atoms with Gasteiger partial charge in [-0.3, -0.25) is 14.4 Å². The van der Waals surface area contributed by atoms with Crippen LogP contribution in [0.15, 0.2) is 48.6 Å². The maximum atomic E-state index is 12.7. The second-order valence-electron chi connectivity index (χ2n) is 15.7. The number of ether oxygens (including phenoxy) is 3. The topological polar surface area (TPSA) is 78.9 Å². The van der Waals surface area contributed by atoms with Crippen molar-refractivity contribution in [3.8, 4) is 0 Å². The second kappa shape index (κ2) is 45.1. The molecule has 0 aliphatic rings. The highest BCUT2D eigenvalue weighted by Crippen LogP contribution is 2.13. The molecule has 0 aromatic heterocycles. The molecule has 0 radical (unpaired) electrons. The fourth-order valence-corrected chi connectivity index (χ4v) is 6.40. The molecule has 0 bridgehead atoms. The van der Waals surface area contributed by atoms with E-state index in [4.69, 9.17) is 14.2 Å². The molecule has 0 rings (SSSR count). The van der Waals surface area contributed by atoms with Crippen LogP contribution in [0.3, 0.4) is 0 Å². The first kappa shape index (κ1) is 53.4. The number of rotatable bonds is 42. The van der Waals surface area contributed by atoms with Gasteiger partial charge in [-0.1, -0.05) is 172 Å². The largest absolute Gasteiger partial charge is 0.462 e. The van der Waals surface area contributed by atoms with Crippen molar-refractivity contribution in [3.05, 3.63) is 48.6 Å². The Balaban J connectivity index is 4.40. The summed E-state index contributed by atoms with van der Waals surface area (Å²) in [5.74, 6) is -0.918. The van der Waals surface area contributed by atoms with E-state index in [2.05, 4.69) is 69.4 Å². The highest BCUT2D eigenvalue weighted by molar-refractivity contribution is 5.71. The van der Waals surface area contributed by atoms with Crippen molar-refractivity contribution in [3.63, 3.8) is 0 Å². The van der Waals surface area contributed by atoms with E-state index in [1.54, 1.807) is 0 Å². The van der Waals surface area contributed by atoms with Gasteiger partial charge in [0.05, 0.1) is 0 Å². The van der Waals surface area contributed by atoms with E-state index >= 15 is 0 Å². The minimum atomic E-state index is -0.783. The number of carbonyl (C=O) groups excluding carboxylic acids is 3. The maximum Gasteiger partial charge on any atom is 0.306 e. The second-order valence-corrected chi connectivity index (χ2v) is 15.7. The lowest BCUT2D eigenvalue weighted by Crippen LogP contribution is -2.30. The highest BCUT2D eigenvalue weighted by Gasteiger charge is 2.19.